The van der Waals surface area contributed by atoms with Crippen LogP contribution >= 0.6 is 22.6 Å². The highest BCUT2D eigenvalue weighted by Crippen LogP contribution is 1.99. The first-order valence-corrected chi connectivity index (χ1v) is 3.99. The van der Waals surface area contributed by atoms with Gasteiger partial charge < -0.3 is 15.0 Å². The van der Waals surface area contributed by atoms with Crippen LogP contribution in [0.15, 0.2) is 0 Å². The quantitative estimate of drug-likeness (QED) is 0.308. The molecule has 0 aliphatic heterocycles. The zero-order valence-corrected chi connectivity index (χ0v) is 7.79. The van der Waals surface area contributed by atoms with E-state index in [0.717, 1.165) is 0 Å². The number of halogens is 1. The lowest BCUT2D eigenvalue weighted by atomic mass is 10.2. The van der Waals surface area contributed by atoms with Gasteiger partial charge in [0.1, 0.15) is 0 Å². The molecule has 0 aliphatic carbocycles. The molecule has 10 heavy (non-hydrogen) atoms. The lowest BCUT2D eigenvalue weighted by Gasteiger charge is -2.06. The summed E-state index contributed by atoms with van der Waals surface area (Å²) in [7, 11) is 1.94. The van der Waals surface area contributed by atoms with Gasteiger partial charge in [0.15, 0.2) is 0 Å². The van der Waals surface area contributed by atoms with Crippen LogP contribution < -0.4 is 5.23 Å². The first-order chi connectivity index (χ1) is 4.66. The average molecular weight is 257 g/mol. The first kappa shape index (κ1) is 10.2. The number of rotatable bonds is 5. The molecule has 0 bridgehead atoms. The Bertz CT molecular complexity index is 113. The monoisotopic (exact) mass is 257 g/mol. The number of nitrogens with one attached hydrogen (secondary N) is 1. The second-order valence-corrected chi connectivity index (χ2v) is 3.21. The molecular formula is C4H9BINO3. The van der Waals surface area contributed by atoms with Crippen LogP contribution in [0, 0.1) is 0 Å². The maximum Gasteiger partial charge on any atom is 0.361 e. The number of carboxylic acids is 1. The van der Waals surface area contributed by atoms with Crippen molar-refractivity contribution in [3.63, 3.8) is 0 Å². The molecule has 0 saturated carbocycles. The lowest BCUT2D eigenvalue weighted by Crippen LogP contribution is -2.30. The number of hydrogen-bond donors (Lipinski definition) is 2. The van der Waals surface area contributed by atoms with Crippen molar-refractivity contribution in [1.82, 2.24) is 5.23 Å². The van der Waals surface area contributed by atoms with Gasteiger partial charge >= 0.3 is 13.6 Å². The van der Waals surface area contributed by atoms with Gasteiger partial charge in [-0.05, 0) is 0 Å². The van der Waals surface area contributed by atoms with Crippen molar-refractivity contribution in [3.05, 3.63) is 0 Å². The first-order valence-electron chi connectivity index (χ1n) is 2.75. The van der Waals surface area contributed by atoms with Crippen molar-refractivity contribution >= 4 is 36.2 Å². The Morgan fingerprint density at radius 3 is 3.00 bits per heavy atom. The molecule has 4 nitrogen and oxygen atoms in total. The van der Waals surface area contributed by atoms with Crippen LogP contribution in [0.2, 0.25) is 0 Å². The van der Waals surface area contributed by atoms with Crippen LogP contribution in [0.1, 0.15) is 6.42 Å². The summed E-state index contributed by atoms with van der Waals surface area (Å²) in [4.78, 5) is 10.1. The van der Waals surface area contributed by atoms with Crippen LogP contribution in [-0.4, -0.2) is 29.9 Å². The van der Waals surface area contributed by atoms with E-state index >= 15 is 0 Å². The third kappa shape index (κ3) is 6.31. The Morgan fingerprint density at radius 2 is 2.60 bits per heavy atom. The summed E-state index contributed by atoms with van der Waals surface area (Å²) in [5.41, 5.74) is 0. The second kappa shape index (κ2) is 5.93. The van der Waals surface area contributed by atoms with Gasteiger partial charge in [-0.2, -0.15) is 0 Å². The molecule has 0 aromatic carbocycles. The number of alkyl halides is 1. The number of carboxylic acid groups (broad SMARTS) is 1. The van der Waals surface area contributed by atoms with E-state index < -0.39 is 5.97 Å². The molecule has 0 spiro atoms. The standard InChI is InChI=1S/C4H9BINO3/c1-10-5-7-3(6)2-4(8)9/h3,5,7H,2H2,1H3,(H,8,9). The Kier molecular flexibility index (Phi) is 6.04. The van der Waals surface area contributed by atoms with Crippen molar-refractivity contribution in [2.45, 2.75) is 10.5 Å². The highest BCUT2D eigenvalue weighted by atomic mass is 127. The van der Waals surface area contributed by atoms with Crippen molar-refractivity contribution in [2.24, 2.45) is 0 Å². The molecule has 0 fully saturated rings. The highest BCUT2D eigenvalue weighted by molar-refractivity contribution is 14.1. The molecule has 0 saturated heterocycles. The second-order valence-electron chi connectivity index (χ2n) is 1.70. The summed E-state index contributed by atoms with van der Waals surface area (Å²) in [6.07, 6.45) is 0.115. The summed E-state index contributed by atoms with van der Waals surface area (Å²) >= 11 is 2.01. The number of carbonyl (C=O) groups is 1. The molecule has 0 aromatic heterocycles. The van der Waals surface area contributed by atoms with Crippen LogP contribution in [-0.2, 0) is 9.45 Å². The maximum atomic E-state index is 10.1. The van der Waals surface area contributed by atoms with E-state index in [1.165, 1.54) is 0 Å². The zero-order valence-electron chi connectivity index (χ0n) is 5.63. The van der Waals surface area contributed by atoms with Crippen LogP contribution in [0.3, 0.4) is 0 Å². The fraction of sp³-hybridized carbons (Fsp3) is 0.750. The summed E-state index contributed by atoms with van der Waals surface area (Å²) < 4.78 is 4.63. The highest BCUT2D eigenvalue weighted by Gasteiger charge is 2.07. The predicted molar refractivity (Wildman–Crippen MR) is 47.4 cm³/mol. The van der Waals surface area contributed by atoms with Gasteiger partial charge in [-0.25, -0.2) is 0 Å². The summed E-state index contributed by atoms with van der Waals surface area (Å²) in [6.45, 7) is 0. The van der Waals surface area contributed by atoms with Crippen LogP contribution in [0.4, 0.5) is 0 Å². The van der Waals surface area contributed by atoms with Crippen molar-refractivity contribution in [2.75, 3.05) is 7.11 Å². The summed E-state index contributed by atoms with van der Waals surface area (Å²) in [6, 6.07) is 0. The van der Waals surface area contributed by atoms with E-state index in [4.69, 9.17) is 5.11 Å². The van der Waals surface area contributed by atoms with Crippen molar-refractivity contribution < 1.29 is 14.6 Å². The predicted octanol–water partition coefficient (Wildman–Crippen LogP) is -0.275. The Balaban J connectivity index is 3.25. The third-order valence-electron chi connectivity index (χ3n) is 0.803. The topological polar surface area (TPSA) is 58.6 Å². The van der Waals surface area contributed by atoms with E-state index in [-0.39, 0.29) is 10.5 Å². The van der Waals surface area contributed by atoms with Gasteiger partial charge in [0.05, 0.1) is 10.5 Å². The number of hydrogen-bond acceptors (Lipinski definition) is 3. The van der Waals surface area contributed by atoms with Gasteiger partial charge in [0.2, 0.25) is 0 Å². The largest absolute Gasteiger partial charge is 0.481 e. The fourth-order valence-electron chi connectivity index (χ4n) is 0.399. The minimum atomic E-state index is -0.803. The summed E-state index contributed by atoms with van der Waals surface area (Å²) in [5, 5.41) is 11.1. The molecule has 0 heterocycles. The normalized spacial score (nSPS) is 12.6. The smallest absolute Gasteiger partial charge is 0.361 e. The molecule has 58 valence electrons. The van der Waals surface area contributed by atoms with Gasteiger partial charge in [-0.3, -0.25) is 4.79 Å². The van der Waals surface area contributed by atoms with Crippen molar-refractivity contribution in [1.29, 1.82) is 0 Å². The van der Waals surface area contributed by atoms with E-state index in [1.807, 2.05) is 22.6 Å². The SMILES string of the molecule is COBNC(I)CC(=O)O. The van der Waals surface area contributed by atoms with E-state index in [1.54, 1.807) is 7.11 Å². The van der Waals surface area contributed by atoms with Gasteiger partial charge in [-0.1, -0.05) is 22.6 Å². The van der Waals surface area contributed by atoms with E-state index in [0.29, 0.717) is 7.62 Å². The maximum absolute atomic E-state index is 10.1. The van der Waals surface area contributed by atoms with Gasteiger partial charge in [0.25, 0.3) is 0 Å². The molecule has 1 unspecified atom stereocenters. The van der Waals surface area contributed by atoms with Crippen LogP contribution in [0.25, 0.3) is 0 Å². The minimum absolute atomic E-state index is 0.0601. The molecule has 2 N–H and O–H groups in total. The lowest BCUT2D eigenvalue weighted by molar-refractivity contribution is -0.136. The zero-order chi connectivity index (χ0) is 7.98. The molecule has 6 heteroatoms. The van der Waals surface area contributed by atoms with Crippen molar-refractivity contribution in [3.8, 4) is 0 Å². The fourth-order valence-corrected chi connectivity index (χ4v) is 0.956. The number of aliphatic carboxylic acids is 1. The molecular weight excluding hydrogens is 248 g/mol. The van der Waals surface area contributed by atoms with E-state index in [2.05, 4.69) is 9.88 Å². The van der Waals surface area contributed by atoms with Gasteiger partial charge in [0, 0.05) is 7.11 Å². The Hall–Kier alpha value is 0.185. The third-order valence-corrected chi connectivity index (χ3v) is 1.68. The summed E-state index contributed by atoms with van der Waals surface area (Å²) in [5.74, 6) is -0.803. The molecule has 1 atom stereocenters. The molecule has 0 rings (SSSR count). The molecule has 0 aliphatic rings. The molecule has 0 aromatic rings. The van der Waals surface area contributed by atoms with Crippen LogP contribution in [0.5, 0.6) is 0 Å². The Labute approximate surface area is 73.8 Å². The molecule has 0 radical (unpaired) electrons. The van der Waals surface area contributed by atoms with Gasteiger partial charge in [-0.15, -0.1) is 0 Å². The molecule has 0 amide bonds. The Morgan fingerprint density at radius 1 is 2.00 bits per heavy atom. The average Bonchev–Trinajstić information content (AvgIpc) is 1.82. The van der Waals surface area contributed by atoms with E-state index in [9.17, 15) is 4.79 Å². The minimum Gasteiger partial charge on any atom is -0.481 e.